The second kappa shape index (κ2) is 4.59. The van der Waals surface area contributed by atoms with Gasteiger partial charge in [-0.05, 0) is 6.42 Å². The fourth-order valence-electron chi connectivity index (χ4n) is 2.46. The number of hydrogen-bond donors (Lipinski definition) is 2. The summed E-state index contributed by atoms with van der Waals surface area (Å²) in [5, 5.41) is 9.41. The Labute approximate surface area is 114 Å². The molecule has 0 aliphatic carbocycles. The van der Waals surface area contributed by atoms with Gasteiger partial charge < -0.3 is 15.6 Å². The van der Waals surface area contributed by atoms with E-state index in [1.807, 2.05) is 0 Å². The third kappa shape index (κ3) is 2.03. The summed E-state index contributed by atoms with van der Waals surface area (Å²) in [5.74, 6) is 0.341. The van der Waals surface area contributed by atoms with Crippen molar-refractivity contribution < 1.29 is 9.84 Å². The van der Waals surface area contributed by atoms with Crippen LogP contribution in [0.4, 0.5) is 5.95 Å². The first-order valence-electron chi connectivity index (χ1n) is 6.02. The largest absolute Gasteiger partial charge is 0.394 e. The molecule has 102 valence electrons. The molecule has 1 fully saturated rings. The number of fused-ring (bicyclic) bond motifs is 1. The van der Waals surface area contributed by atoms with Crippen LogP contribution in [0.5, 0.6) is 0 Å². The summed E-state index contributed by atoms with van der Waals surface area (Å²) >= 11 is 5.99. The SMILES string of the molecule is C[C@H]1C[C@@H](CO)O[C@H]1n1cnc2c(Cl)nc(N)nc21. The van der Waals surface area contributed by atoms with Gasteiger partial charge in [0.15, 0.2) is 10.8 Å². The summed E-state index contributed by atoms with van der Waals surface area (Å²) in [6.45, 7) is 2.06. The standard InChI is InChI=1S/C11H14ClN5O2/c1-5-2-6(3-18)19-10(5)17-4-14-7-8(12)15-11(13)16-9(7)17/h4-6,10,18H,2-3H2,1H3,(H2,13,15,16)/t5-,6-,10+/m0/s1. The molecule has 0 unspecified atom stereocenters. The topological polar surface area (TPSA) is 99.1 Å². The average Bonchev–Trinajstić information content (AvgIpc) is 2.92. The van der Waals surface area contributed by atoms with Gasteiger partial charge in [-0.25, -0.2) is 4.98 Å². The molecule has 19 heavy (non-hydrogen) atoms. The molecule has 1 aliphatic rings. The van der Waals surface area contributed by atoms with E-state index in [-0.39, 0.29) is 36.0 Å². The van der Waals surface area contributed by atoms with Crippen LogP contribution in [-0.2, 0) is 4.74 Å². The Kier molecular flexibility index (Phi) is 3.04. The highest BCUT2D eigenvalue weighted by Gasteiger charge is 2.34. The van der Waals surface area contributed by atoms with Gasteiger partial charge >= 0.3 is 0 Å². The maximum absolute atomic E-state index is 9.18. The van der Waals surface area contributed by atoms with Crippen molar-refractivity contribution in [1.82, 2.24) is 19.5 Å². The van der Waals surface area contributed by atoms with Crippen LogP contribution >= 0.6 is 11.6 Å². The summed E-state index contributed by atoms with van der Waals surface area (Å²) < 4.78 is 7.57. The molecule has 0 amide bonds. The average molecular weight is 284 g/mol. The highest BCUT2D eigenvalue weighted by Crippen LogP contribution is 2.36. The van der Waals surface area contributed by atoms with Crippen LogP contribution in [0.1, 0.15) is 19.6 Å². The minimum absolute atomic E-state index is 0.00531. The number of nitrogen functional groups attached to an aromatic ring is 1. The van der Waals surface area contributed by atoms with E-state index in [0.717, 1.165) is 6.42 Å². The Morgan fingerprint density at radius 1 is 1.58 bits per heavy atom. The third-order valence-electron chi connectivity index (χ3n) is 3.33. The summed E-state index contributed by atoms with van der Waals surface area (Å²) in [7, 11) is 0. The highest BCUT2D eigenvalue weighted by atomic mass is 35.5. The van der Waals surface area contributed by atoms with Crippen LogP contribution in [0.25, 0.3) is 11.2 Å². The van der Waals surface area contributed by atoms with Gasteiger partial charge in [0.25, 0.3) is 0 Å². The molecule has 2 aromatic rings. The van der Waals surface area contributed by atoms with Gasteiger partial charge in [-0.2, -0.15) is 9.97 Å². The summed E-state index contributed by atoms with van der Waals surface area (Å²) in [5.41, 5.74) is 6.66. The van der Waals surface area contributed by atoms with Gasteiger partial charge in [-0.3, -0.25) is 4.57 Å². The molecule has 3 N–H and O–H groups in total. The molecular weight excluding hydrogens is 270 g/mol. The quantitative estimate of drug-likeness (QED) is 0.797. The second-order valence-electron chi connectivity index (χ2n) is 4.74. The number of imidazole rings is 1. The summed E-state index contributed by atoms with van der Waals surface area (Å²) in [4.78, 5) is 12.2. The Morgan fingerprint density at radius 3 is 3.05 bits per heavy atom. The Balaban J connectivity index is 2.06. The molecule has 0 radical (unpaired) electrons. The first-order chi connectivity index (χ1) is 9.10. The van der Waals surface area contributed by atoms with Crippen molar-refractivity contribution in [3.63, 3.8) is 0 Å². The molecule has 0 spiro atoms. The van der Waals surface area contributed by atoms with Crippen molar-refractivity contribution in [2.45, 2.75) is 25.7 Å². The number of aliphatic hydroxyl groups is 1. The minimum atomic E-state index is -0.229. The third-order valence-corrected chi connectivity index (χ3v) is 3.59. The predicted molar refractivity (Wildman–Crippen MR) is 69.5 cm³/mol. The normalized spacial score (nSPS) is 27.2. The lowest BCUT2D eigenvalue weighted by molar-refractivity contribution is -0.0294. The molecule has 7 nitrogen and oxygen atoms in total. The first-order valence-corrected chi connectivity index (χ1v) is 6.39. The van der Waals surface area contributed by atoms with Crippen molar-refractivity contribution in [2.75, 3.05) is 12.3 Å². The molecule has 8 heteroatoms. The molecule has 0 saturated carbocycles. The number of aliphatic hydroxyl groups excluding tert-OH is 1. The predicted octanol–water partition coefficient (Wildman–Crippen LogP) is 0.978. The van der Waals surface area contributed by atoms with E-state index in [2.05, 4.69) is 21.9 Å². The smallest absolute Gasteiger partial charge is 0.223 e. The van der Waals surface area contributed by atoms with Gasteiger partial charge in [0.1, 0.15) is 11.7 Å². The van der Waals surface area contributed by atoms with Crippen LogP contribution < -0.4 is 5.73 Å². The van der Waals surface area contributed by atoms with E-state index in [4.69, 9.17) is 22.1 Å². The van der Waals surface area contributed by atoms with Crippen molar-refractivity contribution in [2.24, 2.45) is 5.92 Å². The number of nitrogens with two attached hydrogens (primary N) is 1. The van der Waals surface area contributed by atoms with Gasteiger partial charge in [0.05, 0.1) is 19.0 Å². The van der Waals surface area contributed by atoms with Crippen molar-refractivity contribution in [3.05, 3.63) is 11.5 Å². The molecule has 3 heterocycles. The number of nitrogens with zero attached hydrogens (tertiary/aromatic N) is 4. The number of hydrogen-bond acceptors (Lipinski definition) is 6. The molecule has 2 aromatic heterocycles. The van der Waals surface area contributed by atoms with E-state index >= 15 is 0 Å². The number of aromatic nitrogens is 4. The number of anilines is 1. The van der Waals surface area contributed by atoms with Crippen LogP contribution in [-0.4, -0.2) is 37.3 Å². The minimum Gasteiger partial charge on any atom is -0.394 e. The lowest BCUT2D eigenvalue weighted by Crippen LogP contribution is -2.15. The van der Waals surface area contributed by atoms with E-state index in [1.165, 1.54) is 0 Å². The molecule has 1 aliphatic heterocycles. The Hall–Kier alpha value is -1.44. The molecule has 3 atom stereocenters. The maximum atomic E-state index is 9.18. The number of rotatable bonds is 2. The molecule has 0 bridgehead atoms. The van der Waals surface area contributed by atoms with E-state index in [1.54, 1.807) is 10.9 Å². The Morgan fingerprint density at radius 2 is 2.37 bits per heavy atom. The lowest BCUT2D eigenvalue weighted by Gasteiger charge is -2.17. The fourth-order valence-corrected chi connectivity index (χ4v) is 2.68. The van der Waals surface area contributed by atoms with Crippen molar-refractivity contribution >= 4 is 28.7 Å². The lowest BCUT2D eigenvalue weighted by atomic mass is 10.1. The maximum Gasteiger partial charge on any atom is 0.223 e. The van der Waals surface area contributed by atoms with Gasteiger partial charge in [-0.15, -0.1) is 0 Å². The van der Waals surface area contributed by atoms with Gasteiger partial charge in [-0.1, -0.05) is 18.5 Å². The Bertz CT molecular complexity index is 616. The van der Waals surface area contributed by atoms with Crippen molar-refractivity contribution in [3.8, 4) is 0 Å². The second-order valence-corrected chi connectivity index (χ2v) is 5.10. The molecule has 1 saturated heterocycles. The zero-order valence-corrected chi connectivity index (χ0v) is 11.1. The zero-order valence-electron chi connectivity index (χ0n) is 10.3. The number of ether oxygens (including phenoxy) is 1. The zero-order chi connectivity index (χ0) is 13.6. The molecule has 3 rings (SSSR count). The molecule has 0 aromatic carbocycles. The fraction of sp³-hybridized carbons (Fsp3) is 0.545. The van der Waals surface area contributed by atoms with E-state index in [0.29, 0.717) is 11.2 Å². The van der Waals surface area contributed by atoms with Crippen LogP contribution in [0.3, 0.4) is 0 Å². The van der Waals surface area contributed by atoms with Gasteiger partial charge in [0, 0.05) is 5.92 Å². The first kappa shape index (κ1) is 12.6. The van der Waals surface area contributed by atoms with Crippen LogP contribution in [0, 0.1) is 5.92 Å². The van der Waals surface area contributed by atoms with E-state index < -0.39 is 0 Å². The van der Waals surface area contributed by atoms with Crippen LogP contribution in [0.15, 0.2) is 6.33 Å². The van der Waals surface area contributed by atoms with Crippen LogP contribution in [0.2, 0.25) is 5.15 Å². The molecular formula is C11H14ClN5O2. The van der Waals surface area contributed by atoms with E-state index in [9.17, 15) is 5.11 Å². The van der Waals surface area contributed by atoms with Gasteiger partial charge in [0.2, 0.25) is 5.95 Å². The highest BCUT2D eigenvalue weighted by molar-refractivity contribution is 6.33. The number of halogens is 1. The summed E-state index contributed by atoms with van der Waals surface area (Å²) in [6, 6.07) is 0. The monoisotopic (exact) mass is 283 g/mol. The summed E-state index contributed by atoms with van der Waals surface area (Å²) in [6.07, 6.45) is 2.01. The van der Waals surface area contributed by atoms with Crippen molar-refractivity contribution in [1.29, 1.82) is 0 Å².